The minimum absolute atomic E-state index is 0.0815. The van der Waals surface area contributed by atoms with Crippen molar-refractivity contribution in [3.63, 3.8) is 0 Å². The zero-order valence-electron chi connectivity index (χ0n) is 15.8. The van der Waals surface area contributed by atoms with Gasteiger partial charge in [0.2, 0.25) is 0 Å². The summed E-state index contributed by atoms with van der Waals surface area (Å²) in [6, 6.07) is 1.59. The van der Waals surface area contributed by atoms with Gasteiger partial charge in [0, 0.05) is 11.3 Å². The molecule has 7 nitrogen and oxygen atoms in total. The Kier molecular flexibility index (Phi) is 4.91. The van der Waals surface area contributed by atoms with Crippen LogP contribution < -0.4 is 15.4 Å². The average Bonchev–Trinajstić information content (AvgIpc) is 3.03. The number of nitrogens with zero attached hydrogens (tertiary/aromatic N) is 1. The molecule has 1 aromatic heterocycles. The SMILES string of the molecule is Cc1cc(F)c2c(c1)OCC(NC(=O)c1n[nH]c3c1CC(C(F)(F)F)CC3)C(=O)N2. The Hall–Kier alpha value is -3.11. The Labute approximate surface area is 168 Å². The van der Waals surface area contributed by atoms with Crippen molar-refractivity contribution in [2.75, 3.05) is 11.9 Å². The van der Waals surface area contributed by atoms with Crippen molar-refractivity contribution in [3.8, 4) is 5.75 Å². The number of hydrogen-bond donors (Lipinski definition) is 3. The molecule has 0 fully saturated rings. The molecule has 11 heteroatoms. The van der Waals surface area contributed by atoms with Gasteiger partial charge in [0.1, 0.15) is 24.1 Å². The van der Waals surface area contributed by atoms with Gasteiger partial charge in [-0.15, -0.1) is 0 Å². The third-order valence-electron chi connectivity index (χ3n) is 5.30. The number of aromatic amines is 1. The second-order valence-corrected chi connectivity index (χ2v) is 7.46. The fourth-order valence-electron chi connectivity index (χ4n) is 3.70. The summed E-state index contributed by atoms with van der Waals surface area (Å²) in [5.74, 6) is -3.61. The van der Waals surface area contributed by atoms with Gasteiger partial charge in [-0.2, -0.15) is 18.3 Å². The van der Waals surface area contributed by atoms with Crippen LogP contribution in [0.1, 0.15) is 33.7 Å². The van der Waals surface area contributed by atoms with E-state index in [2.05, 4.69) is 20.8 Å². The molecule has 0 saturated heterocycles. The lowest BCUT2D eigenvalue weighted by atomic mass is 9.86. The van der Waals surface area contributed by atoms with E-state index in [0.29, 0.717) is 11.3 Å². The number of aromatic nitrogens is 2. The number of ether oxygens (including phenoxy) is 1. The normalized spacial score (nSPS) is 21.0. The molecule has 2 aromatic rings. The Morgan fingerprint density at radius 3 is 2.83 bits per heavy atom. The number of anilines is 1. The van der Waals surface area contributed by atoms with E-state index in [1.807, 2.05) is 0 Å². The predicted octanol–water partition coefficient (Wildman–Crippen LogP) is 2.65. The topological polar surface area (TPSA) is 96.1 Å². The molecular weight excluding hydrogens is 408 g/mol. The number of amides is 2. The number of fused-ring (bicyclic) bond motifs is 2. The highest BCUT2D eigenvalue weighted by atomic mass is 19.4. The Morgan fingerprint density at radius 1 is 1.33 bits per heavy atom. The highest BCUT2D eigenvalue weighted by Crippen LogP contribution is 2.37. The van der Waals surface area contributed by atoms with Crippen LogP contribution in [0.3, 0.4) is 0 Å². The molecule has 3 N–H and O–H groups in total. The lowest BCUT2D eigenvalue weighted by Crippen LogP contribution is -2.46. The van der Waals surface area contributed by atoms with Gasteiger partial charge in [-0.05, 0) is 43.9 Å². The molecule has 0 bridgehead atoms. The van der Waals surface area contributed by atoms with Crippen LogP contribution in [-0.4, -0.2) is 40.8 Å². The van der Waals surface area contributed by atoms with Crippen LogP contribution in [0.15, 0.2) is 12.1 Å². The lowest BCUT2D eigenvalue weighted by Gasteiger charge is -2.24. The largest absolute Gasteiger partial charge is 0.489 e. The standard InChI is InChI=1S/C19H18F4N4O3/c1-8-4-11(20)16-14(5-8)30-7-13(17(28)25-16)24-18(29)15-10-6-9(19(21,22)23)2-3-12(10)26-27-15/h4-5,9,13H,2-3,6-7H2,1H3,(H,24,29)(H,25,28)(H,26,27). The summed E-state index contributed by atoms with van der Waals surface area (Å²) in [5, 5.41) is 11.3. The quantitative estimate of drug-likeness (QED) is 0.644. The first-order chi connectivity index (χ1) is 14.1. The van der Waals surface area contributed by atoms with E-state index in [1.54, 1.807) is 13.0 Å². The molecule has 2 aliphatic rings. The fraction of sp³-hybridized carbons (Fsp3) is 0.421. The highest BCUT2D eigenvalue weighted by Gasteiger charge is 2.43. The summed E-state index contributed by atoms with van der Waals surface area (Å²) in [6.07, 6.45) is -4.68. The predicted molar refractivity (Wildman–Crippen MR) is 96.7 cm³/mol. The second kappa shape index (κ2) is 7.29. The molecule has 2 atom stereocenters. The average molecular weight is 426 g/mol. The van der Waals surface area contributed by atoms with Crippen molar-refractivity contribution in [1.29, 1.82) is 0 Å². The first kappa shape index (κ1) is 20.2. The molecule has 2 unspecified atom stereocenters. The van der Waals surface area contributed by atoms with Gasteiger partial charge < -0.3 is 15.4 Å². The smallest absolute Gasteiger partial charge is 0.392 e. The van der Waals surface area contributed by atoms with Crippen molar-refractivity contribution >= 4 is 17.5 Å². The molecule has 2 amide bonds. The number of alkyl halides is 3. The van der Waals surface area contributed by atoms with Gasteiger partial charge >= 0.3 is 6.18 Å². The third-order valence-corrected chi connectivity index (χ3v) is 5.30. The molecule has 1 aliphatic carbocycles. The van der Waals surface area contributed by atoms with E-state index in [0.717, 1.165) is 0 Å². The van der Waals surface area contributed by atoms with Crippen LogP contribution in [0.4, 0.5) is 23.2 Å². The van der Waals surface area contributed by atoms with Crippen LogP contribution in [-0.2, 0) is 17.6 Å². The van der Waals surface area contributed by atoms with Crippen molar-refractivity contribution < 1.29 is 31.9 Å². The number of rotatable bonds is 2. The van der Waals surface area contributed by atoms with Gasteiger partial charge in [0.15, 0.2) is 11.5 Å². The van der Waals surface area contributed by atoms with E-state index in [-0.39, 0.29) is 48.6 Å². The number of hydrogen-bond acceptors (Lipinski definition) is 4. The Bertz CT molecular complexity index is 1020. The van der Waals surface area contributed by atoms with E-state index in [4.69, 9.17) is 4.74 Å². The number of H-pyrrole nitrogens is 1. The number of aryl methyl sites for hydroxylation is 2. The lowest BCUT2D eigenvalue weighted by molar-refractivity contribution is -0.177. The van der Waals surface area contributed by atoms with Crippen molar-refractivity contribution in [3.05, 3.63) is 40.5 Å². The number of benzene rings is 1. The molecule has 160 valence electrons. The second-order valence-electron chi connectivity index (χ2n) is 7.46. The fourth-order valence-corrected chi connectivity index (χ4v) is 3.70. The summed E-state index contributed by atoms with van der Waals surface area (Å²) in [6.45, 7) is 1.39. The van der Waals surface area contributed by atoms with Gasteiger partial charge in [-0.1, -0.05) is 0 Å². The summed E-state index contributed by atoms with van der Waals surface area (Å²) in [7, 11) is 0. The Morgan fingerprint density at radius 2 is 2.10 bits per heavy atom. The van der Waals surface area contributed by atoms with Gasteiger partial charge in [0.25, 0.3) is 11.8 Å². The minimum Gasteiger partial charge on any atom is -0.489 e. The number of halogens is 4. The zero-order valence-corrected chi connectivity index (χ0v) is 15.8. The van der Waals surface area contributed by atoms with E-state index < -0.39 is 35.8 Å². The molecule has 4 rings (SSSR count). The van der Waals surface area contributed by atoms with Crippen LogP contribution >= 0.6 is 0 Å². The highest BCUT2D eigenvalue weighted by molar-refractivity contribution is 6.02. The molecule has 1 aliphatic heterocycles. The summed E-state index contributed by atoms with van der Waals surface area (Å²) < 4.78 is 58.9. The van der Waals surface area contributed by atoms with Crippen molar-refractivity contribution in [2.45, 2.75) is 38.4 Å². The first-order valence-electron chi connectivity index (χ1n) is 9.31. The maximum Gasteiger partial charge on any atom is 0.392 e. The zero-order chi connectivity index (χ0) is 21.6. The van der Waals surface area contributed by atoms with Gasteiger partial charge in [-0.3, -0.25) is 14.7 Å². The molecule has 1 aromatic carbocycles. The van der Waals surface area contributed by atoms with Crippen LogP contribution in [0.2, 0.25) is 0 Å². The first-order valence-corrected chi connectivity index (χ1v) is 9.31. The maximum atomic E-state index is 14.1. The van der Waals surface area contributed by atoms with Crippen molar-refractivity contribution in [2.24, 2.45) is 5.92 Å². The molecule has 0 radical (unpaired) electrons. The summed E-state index contributed by atoms with van der Waals surface area (Å²) in [5.41, 5.74) is 0.946. The molecule has 0 saturated carbocycles. The van der Waals surface area contributed by atoms with Crippen LogP contribution in [0.5, 0.6) is 5.75 Å². The molecule has 2 heterocycles. The van der Waals surface area contributed by atoms with E-state index in [1.165, 1.54) is 6.07 Å². The number of carbonyl (C=O) groups is 2. The Balaban J connectivity index is 1.51. The van der Waals surface area contributed by atoms with Gasteiger partial charge in [0.05, 0.1) is 5.92 Å². The minimum atomic E-state index is -4.37. The molecular formula is C19H18F4N4O3. The van der Waals surface area contributed by atoms with Gasteiger partial charge in [-0.25, -0.2) is 4.39 Å². The van der Waals surface area contributed by atoms with Crippen molar-refractivity contribution in [1.82, 2.24) is 15.5 Å². The monoisotopic (exact) mass is 426 g/mol. The number of carbonyl (C=O) groups excluding carboxylic acids is 2. The van der Waals surface area contributed by atoms with E-state index >= 15 is 0 Å². The maximum absolute atomic E-state index is 14.1. The molecule has 30 heavy (non-hydrogen) atoms. The summed E-state index contributed by atoms with van der Waals surface area (Å²) in [4.78, 5) is 25.1. The van der Waals surface area contributed by atoms with E-state index in [9.17, 15) is 27.2 Å². The third kappa shape index (κ3) is 3.71. The van der Waals surface area contributed by atoms with Crippen LogP contribution in [0.25, 0.3) is 0 Å². The summed E-state index contributed by atoms with van der Waals surface area (Å²) >= 11 is 0. The molecule has 0 spiro atoms. The number of nitrogens with one attached hydrogen (secondary N) is 3. The van der Waals surface area contributed by atoms with Crippen LogP contribution in [0, 0.1) is 18.7 Å².